The number of allylic oxidation sites excluding steroid dienone is 1. The van der Waals surface area contributed by atoms with Gasteiger partial charge in [-0.2, -0.15) is 0 Å². The number of benzene rings is 2. The second kappa shape index (κ2) is 10.4. The fraction of sp³-hybridized carbons (Fsp3) is 0.400. The molecule has 5 nitrogen and oxygen atoms in total. The Kier molecular flexibility index (Phi) is 7.66. The summed E-state index contributed by atoms with van der Waals surface area (Å²) in [6, 6.07) is 16.9. The van der Waals surface area contributed by atoms with Crippen molar-refractivity contribution in [1.82, 2.24) is 0 Å². The number of carbonyl (C=O) groups excluding carboxylic acids is 1. The molecule has 1 aliphatic rings. The number of epoxide rings is 1. The highest BCUT2D eigenvalue weighted by molar-refractivity contribution is 5.89. The third-order valence-corrected chi connectivity index (χ3v) is 5.31. The SMILES string of the molecule is COc1ccc(COC[C@]2(C)O[C@H]2CC/C(C)=C/COC(=O)c2ccccc2)cc1. The molecule has 0 N–H and O–H groups in total. The van der Waals surface area contributed by atoms with Crippen molar-refractivity contribution in [3.63, 3.8) is 0 Å². The molecule has 160 valence electrons. The van der Waals surface area contributed by atoms with E-state index in [0.717, 1.165) is 24.2 Å². The molecule has 0 radical (unpaired) electrons. The first-order chi connectivity index (χ1) is 14.5. The van der Waals surface area contributed by atoms with Crippen LogP contribution in [0.25, 0.3) is 0 Å². The molecule has 0 aromatic heterocycles. The lowest BCUT2D eigenvalue weighted by molar-refractivity contribution is 0.0549. The largest absolute Gasteiger partial charge is 0.497 e. The van der Waals surface area contributed by atoms with Crippen LogP contribution < -0.4 is 4.74 Å². The molecule has 0 amide bonds. The second-order valence-electron chi connectivity index (χ2n) is 7.81. The van der Waals surface area contributed by atoms with E-state index < -0.39 is 0 Å². The molecule has 0 bridgehead atoms. The summed E-state index contributed by atoms with van der Waals surface area (Å²) in [5.41, 5.74) is 2.65. The van der Waals surface area contributed by atoms with Crippen LogP contribution in [-0.4, -0.2) is 38.0 Å². The van der Waals surface area contributed by atoms with Crippen molar-refractivity contribution in [2.45, 2.75) is 45.0 Å². The summed E-state index contributed by atoms with van der Waals surface area (Å²) < 4.78 is 22.2. The highest BCUT2D eigenvalue weighted by atomic mass is 16.6. The fourth-order valence-electron chi connectivity index (χ4n) is 3.25. The third-order valence-electron chi connectivity index (χ3n) is 5.31. The van der Waals surface area contributed by atoms with Gasteiger partial charge in [-0.05, 0) is 62.6 Å². The van der Waals surface area contributed by atoms with Crippen molar-refractivity contribution in [3.8, 4) is 5.75 Å². The van der Waals surface area contributed by atoms with E-state index in [1.54, 1.807) is 19.2 Å². The van der Waals surface area contributed by atoms with Crippen LogP contribution in [0, 0.1) is 0 Å². The molecule has 30 heavy (non-hydrogen) atoms. The van der Waals surface area contributed by atoms with E-state index in [0.29, 0.717) is 18.8 Å². The van der Waals surface area contributed by atoms with Gasteiger partial charge in [-0.15, -0.1) is 0 Å². The van der Waals surface area contributed by atoms with E-state index in [-0.39, 0.29) is 24.3 Å². The van der Waals surface area contributed by atoms with E-state index in [9.17, 15) is 4.79 Å². The Morgan fingerprint density at radius 1 is 1.13 bits per heavy atom. The van der Waals surface area contributed by atoms with Gasteiger partial charge in [0.15, 0.2) is 0 Å². The first-order valence-electron chi connectivity index (χ1n) is 10.3. The molecule has 2 aromatic rings. The zero-order chi connectivity index (χ0) is 21.4. The van der Waals surface area contributed by atoms with Gasteiger partial charge in [-0.3, -0.25) is 0 Å². The molecule has 1 heterocycles. The summed E-state index contributed by atoms with van der Waals surface area (Å²) in [7, 11) is 1.66. The van der Waals surface area contributed by atoms with Crippen LogP contribution in [0.2, 0.25) is 0 Å². The number of carbonyl (C=O) groups is 1. The maximum Gasteiger partial charge on any atom is 0.338 e. The average Bonchev–Trinajstić information content (AvgIpc) is 3.43. The molecule has 1 aliphatic heterocycles. The van der Waals surface area contributed by atoms with Crippen LogP contribution in [0.4, 0.5) is 0 Å². The highest BCUT2D eigenvalue weighted by Crippen LogP contribution is 2.40. The lowest BCUT2D eigenvalue weighted by Gasteiger charge is -2.09. The molecule has 2 aromatic carbocycles. The van der Waals surface area contributed by atoms with Gasteiger partial charge < -0.3 is 18.9 Å². The van der Waals surface area contributed by atoms with Crippen LogP contribution in [0.5, 0.6) is 5.75 Å². The van der Waals surface area contributed by atoms with Gasteiger partial charge >= 0.3 is 5.97 Å². The second-order valence-corrected chi connectivity index (χ2v) is 7.81. The summed E-state index contributed by atoms with van der Waals surface area (Å²) in [6.45, 7) is 5.55. The lowest BCUT2D eigenvalue weighted by atomic mass is 10.0. The Morgan fingerprint density at radius 3 is 2.57 bits per heavy atom. The molecule has 0 unspecified atom stereocenters. The van der Waals surface area contributed by atoms with Crippen molar-refractivity contribution in [3.05, 3.63) is 77.4 Å². The molecule has 2 atom stereocenters. The van der Waals surface area contributed by atoms with Crippen LogP contribution in [0.15, 0.2) is 66.2 Å². The van der Waals surface area contributed by atoms with Gasteiger partial charge in [0.05, 0.1) is 32.0 Å². The maximum absolute atomic E-state index is 11.9. The van der Waals surface area contributed by atoms with E-state index >= 15 is 0 Å². The van der Waals surface area contributed by atoms with Gasteiger partial charge in [-0.25, -0.2) is 4.79 Å². The highest BCUT2D eigenvalue weighted by Gasteiger charge is 2.51. The topological polar surface area (TPSA) is 57.3 Å². The maximum atomic E-state index is 11.9. The summed E-state index contributed by atoms with van der Waals surface area (Å²) in [5, 5.41) is 0. The zero-order valence-electron chi connectivity index (χ0n) is 17.9. The van der Waals surface area contributed by atoms with Crippen LogP contribution >= 0.6 is 0 Å². The minimum Gasteiger partial charge on any atom is -0.497 e. The Bertz CT molecular complexity index is 844. The minimum absolute atomic E-state index is 0.198. The molecule has 0 aliphatic carbocycles. The van der Waals surface area contributed by atoms with E-state index in [1.807, 2.05) is 48.5 Å². The predicted octanol–water partition coefficient (Wildman–Crippen LogP) is 4.95. The van der Waals surface area contributed by atoms with Gasteiger partial charge in [0.2, 0.25) is 0 Å². The number of rotatable bonds is 11. The Morgan fingerprint density at radius 2 is 1.87 bits per heavy atom. The first-order valence-corrected chi connectivity index (χ1v) is 10.3. The van der Waals surface area contributed by atoms with Gasteiger partial charge in [0.25, 0.3) is 0 Å². The smallest absolute Gasteiger partial charge is 0.338 e. The number of ether oxygens (including phenoxy) is 4. The van der Waals surface area contributed by atoms with Crippen molar-refractivity contribution >= 4 is 5.97 Å². The van der Waals surface area contributed by atoms with Gasteiger partial charge in [-0.1, -0.05) is 35.9 Å². The van der Waals surface area contributed by atoms with Gasteiger partial charge in [0, 0.05) is 0 Å². The van der Waals surface area contributed by atoms with Crippen LogP contribution in [0.3, 0.4) is 0 Å². The Balaban J connectivity index is 1.32. The molecule has 1 fully saturated rings. The van der Waals surface area contributed by atoms with Crippen molar-refractivity contribution in [2.75, 3.05) is 20.3 Å². The predicted molar refractivity (Wildman–Crippen MR) is 116 cm³/mol. The van der Waals surface area contributed by atoms with Gasteiger partial charge in [0.1, 0.15) is 18.0 Å². The number of hydrogen-bond acceptors (Lipinski definition) is 5. The zero-order valence-corrected chi connectivity index (χ0v) is 17.9. The van der Waals surface area contributed by atoms with E-state index in [4.69, 9.17) is 18.9 Å². The Labute approximate surface area is 178 Å². The number of hydrogen-bond donors (Lipinski definition) is 0. The van der Waals surface area contributed by atoms with Crippen molar-refractivity contribution in [2.24, 2.45) is 0 Å². The van der Waals surface area contributed by atoms with Crippen molar-refractivity contribution < 1.29 is 23.7 Å². The standard InChI is InChI=1S/C25H30O5/c1-19(15-16-29-24(26)21-7-5-4-6-8-21)9-14-23-25(2,30-23)18-28-17-20-10-12-22(27-3)13-11-20/h4-8,10-13,15,23H,9,14,16-18H2,1-3H3/b19-15+/t23-,25-/m0/s1. The fourth-order valence-corrected chi connectivity index (χ4v) is 3.25. The molecule has 0 spiro atoms. The Hall–Kier alpha value is -2.63. The third kappa shape index (κ3) is 6.44. The first kappa shape index (κ1) is 22.1. The van der Waals surface area contributed by atoms with Crippen LogP contribution in [-0.2, 0) is 20.8 Å². The number of methoxy groups -OCH3 is 1. The van der Waals surface area contributed by atoms with E-state index in [2.05, 4.69) is 13.8 Å². The minimum atomic E-state index is -0.299. The van der Waals surface area contributed by atoms with Crippen LogP contribution in [0.1, 0.15) is 42.6 Å². The molecule has 1 saturated heterocycles. The van der Waals surface area contributed by atoms with E-state index in [1.165, 1.54) is 5.57 Å². The summed E-state index contributed by atoms with van der Waals surface area (Å²) in [6.07, 6.45) is 3.99. The quantitative estimate of drug-likeness (QED) is 0.298. The molecule has 3 rings (SSSR count). The molecule has 5 heteroatoms. The normalized spacial score (nSPS) is 20.6. The van der Waals surface area contributed by atoms with Crippen molar-refractivity contribution in [1.29, 1.82) is 0 Å². The monoisotopic (exact) mass is 410 g/mol. The number of esters is 1. The molecular weight excluding hydrogens is 380 g/mol. The molecular formula is C25H30O5. The summed E-state index contributed by atoms with van der Waals surface area (Å²) in [5.74, 6) is 0.543. The lowest BCUT2D eigenvalue weighted by Crippen LogP contribution is -2.18. The molecule has 0 saturated carbocycles. The average molecular weight is 411 g/mol. The summed E-state index contributed by atoms with van der Waals surface area (Å²) >= 11 is 0. The summed E-state index contributed by atoms with van der Waals surface area (Å²) in [4.78, 5) is 11.9.